The monoisotopic (exact) mass is 220 g/mol. The van der Waals surface area contributed by atoms with Crippen LogP contribution in [-0.2, 0) is 6.54 Å². The zero-order valence-electron chi connectivity index (χ0n) is 9.89. The molecule has 0 aromatic carbocycles. The molecule has 1 saturated heterocycles. The summed E-state index contributed by atoms with van der Waals surface area (Å²) in [7, 11) is 2.15. The molecule has 0 aliphatic carbocycles. The quantitative estimate of drug-likeness (QED) is 0.795. The molecule has 0 unspecified atom stereocenters. The van der Waals surface area contributed by atoms with E-state index in [9.17, 15) is 0 Å². The van der Waals surface area contributed by atoms with Gasteiger partial charge in [-0.05, 0) is 19.2 Å². The van der Waals surface area contributed by atoms with Crippen LogP contribution in [0.5, 0.6) is 0 Å². The zero-order chi connectivity index (χ0) is 11.2. The van der Waals surface area contributed by atoms with Crippen molar-refractivity contribution in [3.63, 3.8) is 0 Å². The Morgan fingerprint density at radius 1 is 1.38 bits per heavy atom. The second-order valence-corrected chi connectivity index (χ2v) is 4.34. The van der Waals surface area contributed by atoms with Gasteiger partial charge < -0.3 is 5.32 Å². The standard InChI is InChI=1S/C12H20N4/c1-15(10-12-4-2-3-5-14-12)11-16-8-6-13-7-9-16/h2-5,13H,6-11H2,1H3. The number of hydrogen-bond acceptors (Lipinski definition) is 4. The van der Waals surface area contributed by atoms with E-state index in [0.29, 0.717) is 0 Å². The molecule has 1 aromatic rings. The molecular weight excluding hydrogens is 200 g/mol. The Bertz CT molecular complexity index is 295. The number of pyridine rings is 1. The van der Waals surface area contributed by atoms with E-state index < -0.39 is 0 Å². The van der Waals surface area contributed by atoms with Crippen molar-refractivity contribution in [1.29, 1.82) is 0 Å². The molecule has 0 atom stereocenters. The van der Waals surface area contributed by atoms with Gasteiger partial charge in [-0.15, -0.1) is 0 Å². The summed E-state index contributed by atoms with van der Waals surface area (Å²) in [6, 6.07) is 6.08. The number of piperazine rings is 1. The molecule has 1 aliphatic rings. The fourth-order valence-corrected chi connectivity index (χ4v) is 2.01. The van der Waals surface area contributed by atoms with Crippen LogP contribution in [0.4, 0.5) is 0 Å². The van der Waals surface area contributed by atoms with Crippen molar-refractivity contribution in [3.05, 3.63) is 30.1 Å². The minimum atomic E-state index is 0.921. The maximum Gasteiger partial charge on any atom is 0.0544 e. The first-order valence-electron chi connectivity index (χ1n) is 5.86. The van der Waals surface area contributed by atoms with Crippen LogP contribution in [0, 0.1) is 0 Å². The fraction of sp³-hybridized carbons (Fsp3) is 0.583. The van der Waals surface area contributed by atoms with Crippen molar-refractivity contribution in [2.24, 2.45) is 0 Å². The first kappa shape index (κ1) is 11.5. The van der Waals surface area contributed by atoms with E-state index in [0.717, 1.165) is 45.1 Å². The average Bonchev–Trinajstić information content (AvgIpc) is 2.31. The van der Waals surface area contributed by atoms with Crippen molar-refractivity contribution in [1.82, 2.24) is 20.1 Å². The lowest BCUT2D eigenvalue weighted by Crippen LogP contribution is -2.47. The lowest BCUT2D eigenvalue weighted by molar-refractivity contribution is 0.134. The topological polar surface area (TPSA) is 31.4 Å². The highest BCUT2D eigenvalue weighted by Gasteiger charge is 2.11. The number of hydrogen-bond donors (Lipinski definition) is 1. The smallest absolute Gasteiger partial charge is 0.0544 e. The van der Waals surface area contributed by atoms with Crippen molar-refractivity contribution in [3.8, 4) is 0 Å². The molecule has 2 rings (SSSR count). The van der Waals surface area contributed by atoms with Gasteiger partial charge in [-0.2, -0.15) is 0 Å². The minimum Gasteiger partial charge on any atom is -0.314 e. The van der Waals surface area contributed by atoms with Gasteiger partial charge in [0, 0.05) is 38.9 Å². The third-order valence-electron chi connectivity index (χ3n) is 2.81. The maximum absolute atomic E-state index is 4.34. The van der Waals surface area contributed by atoms with Crippen molar-refractivity contribution in [2.45, 2.75) is 6.54 Å². The Morgan fingerprint density at radius 3 is 2.88 bits per heavy atom. The number of rotatable bonds is 4. The predicted molar refractivity (Wildman–Crippen MR) is 65.0 cm³/mol. The van der Waals surface area contributed by atoms with Gasteiger partial charge in [0.2, 0.25) is 0 Å². The van der Waals surface area contributed by atoms with Crippen molar-refractivity contribution in [2.75, 3.05) is 39.9 Å². The van der Waals surface area contributed by atoms with Gasteiger partial charge in [0.15, 0.2) is 0 Å². The van der Waals surface area contributed by atoms with Gasteiger partial charge in [0.1, 0.15) is 0 Å². The average molecular weight is 220 g/mol. The van der Waals surface area contributed by atoms with Gasteiger partial charge in [0.25, 0.3) is 0 Å². The van der Waals surface area contributed by atoms with Gasteiger partial charge >= 0.3 is 0 Å². The second kappa shape index (κ2) is 5.94. The SMILES string of the molecule is CN(Cc1ccccn1)CN1CCNCC1. The number of aromatic nitrogens is 1. The van der Waals surface area contributed by atoms with Gasteiger partial charge in [-0.3, -0.25) is 14.8 Å². The molecule has 16 heavy (non-hydrogen) atoms. The molecule has 0 bridgehead atoms. The minimum absolute atomic E-state index is 0.921. The highest BCUT2D eigenvalue weighted by Crippen LogP contribution is 2.01. The van der Waals surface area contributed by atoms with Crippen LogP contribution in [0.25, 0.3) is 0 Å². The lowest BCUT2D eigenvalue weighted by atomic mass is 10.3. The van der Waals surface area contributed by atoms with Crippen molar-refractivity contribution >= 4 is 0 Å². The Labute approximate surface area is 97.3 Å². The first-order chi connectivity index (χ1) is 7.84. The third-order valence-corrected chi connectivity index (χ3v) is 2.81. The molecule has 0 spiro atoms. The fourth-order valence-electron chi connectivity index (χ4n) is 2.01. The maximum atomic E-state index is 4.34. The summed E-state index contributed by atoms with van der Waals surface area (Å²) in [6.45, 7) is 6.46. The molecule has 88 valence electrons. The number of nitrogens with zero attached hydrogens (tertiary/aromatic N) is 3. The highest BCUT2D eigenvalue weighted by atomic mass is 15.3. The molecule has 4 nitrogen and oxygen atoms in total. The van der Waals surface area contributed by atoms with Crippen LogP contribution in [0.3, 0.4) is 0 Å². The molecular formula is C12H20N4. The Hall–Kier alpha value is -0.970. The predicted octanol–water partition coefficient (Wildman–Crippen LogP) is 0.376. The van der Waals surface area contributed by atoms with Crippen LogP contribution in [0.15, 0.2) is 24.4 Å². The summed E-state index contributed by atoms with van der Waals surface area (Å²) in [5, 5.41) is 3.37. The summed E-state index contributed by atoms with van der Waals surface area (Å²) >= 11 is 0. The molecule has 1 fully saturated rings. The lowest BCUT2D eigenvalue weighted by Gasteiger charge is -2.31. The van der Waals surface area contributed by atoms with Gasteiger partial charge in [-0.1, -0.05) is 6.07 Å². The molecule has 0 saturated carbocycles. The molecule has 1 aliphatic heterocycles. The molecule has 0 radical (unpaired) electrons. The summed E-state index contributed by atoms with van der Waals surface area (Å²) in [6.07, 6.45) is 1.86. The van der Waals surface area contributed by atoms with Gasteiger partial charge in [0.05, 0.1) is 12.4 Å². The zero-order valence-corrected chi connectivity index (χ0v) is 9.89. The molecule has 1 aromatic heterocycles. The molecule has 0 amide bonds. The van der Waals surface area contributed by atoms with E-state index in [2.05, 4.69) is 33.2 Å². The molecule has 4 heteroatoms. The summed E-state index contributed by atoms with van der Waals surface area (Å²) in [4.78, 5) is 9.12. The van der Waals surface area contributed by atoms with Crippen LogP contribution in [-0.4, -0.2) is 54.7 Å². The molecule has 1 N–H and O–H groups in total. The summed E-state index contributed by atoms with van der Waals surface area (Å²) in [5.41, 5.74) is 1.14. The van der Waals surface area contributed by atoms with E-state index in [1.807, 2.05) is 18.3 Å². The van der Waals surface area contributed by atoms with E-state index >= 15 is 0 Å². The van der Waals surface area contributed by atoms with E-state index in [4.69, 9.17) is 0 Å². The first-order valence-corrected chi connectivity index (χ1v) is 5.86. The highest BCUT2D eigenvalue weighted by molar-refractivity contribution is 5.02. The third kappa shape index (κ3) is 3.56. The normalized spacial score (nSPS) is 17.9. The second-order valence-electron chi connectivity index (χ2n) is 4.34. The Morgan fingerprint density at radius 2 is 2.19 bits per heavy atom. The number of nitrogens with one attached hydrogen (secondary N) is 1. The van der Waals surface area contributed by atoms with Gasteiger partial charge in [-0.25, -0.2) is 0 Å². The van der Waals surface area contributed by atoms with E-state index in [1.54, 1.807) is 0 Å². The van der Waals surface area contributed by atoms with Crippen LogP contribution >= 0.6 is 0 Å². The Kier molecular flexibility index (Phi) is 4.27. The van der Waals surface area contributed by atoms with Crippen LogP contribution < -0.4 is 5.32 Å². The summed E-state index contributed by atoms with van der Waals surface area (Å²) < 4.78 is 0. The van der Waals surface area contributed by atoms with E-state index in [1.165, 1.54) is 0 Å². The van der Waals surface area contributed by atoms with E-state index in [-0.39, 0.29) is 0 Å². The Balaban J connectivity index is 1.77. The van der Waals surface area contributed by atoms with Crippen LogP contribution in [0.1, 0.15) is 5.69 Å². The summed E-state index contributed by atoms with van der Waals surface area (Å²) in [5.74, 6) is 0. The van der Waals surface area contributed by atoms with Crippen LogP contribution in [0.2, 0.25) is 0 Å². The van der Waals surface area contributed by atoms with Crippen molar-refractivity contribution < 1.29 is 0 Å². The molecule has 2 heterocycles. The largest absolute Gasteiger partial charge is 0.314 e.